The molecule has 0 aliphatic rings. The predicted molar refractivity (Wildman–Crippen MR) is 65.3 cm³/mol. The van der Waals surface area contributed by atoms with Crippen LogP contribution in [0.4, 0.5) is 5.82 Å². The van der Waals surface area contributed by atoms with Crippen molar-refractivity contribution in [3.05, 3.63) is 46.3 Å². The van der Waals surface area contributed by atoms with Gasteiger partial charge in [-0.1, -0.05) is 12.1 Å². The van der Waals surface area contributed by atoms with E-state index < -0.39 is 0 Å². The van der Waals surface area contributed by atoms with Gasteiger partial charge in [0.25, 0.3) is 0 Å². The Morgan fingerprint density at radius 2 is 2.20 bits per heavy atom. The molecule has 0 saturated carbocycles. The Kier molecular flexibility index (Phi) is 3.02. The van der Waals surface area contributed by atoms with Gasteiger partial charge in [0, 0.05) is 11.1 Å². The molecule has 3 heteroatoms. The number of hydrogen-bond acceptors (Lipinski definition) is 3. The van der Waals surface area contributed by atoms with Gasteiger partial charge in [0.1, 0.15) is 5.82 Å². The molecule has 78 valence electrons. The Morgan fingerprint density at radius 3 is 2.80 bits per heavy atom. The van der Waals surface area contributed by atoms with E-state index in [1.54, 1.807) is 11.3 Å². The third kappa shape index (κ3) is 2.57. The van der Waals surface area contributed by atoms with Crippen LogP contribution in [0.3, 0.4) is 0 Å². The fourth-order valence-electron chi connectivity index (χ4n) is 1.38. The minimum absolute atomic E-state index is 0.320. The van der Waals surface area contributed by atoms with Crippen molar-refractivity contribution in [2.45, 2.75) is 19.9 Å². The van der Waals surface area contributed by atoms with E-state index in [0.717, 1.165) is 5.82 Å². The molecular formula is C12H14N2S. The van der Waals surface area contributed by atoms with Crippen LogP contribution < -0.4 is 5.32 Å². The van der Waals surface area contributed by atoms with Gasteiger partial charge >= 0.3 is 0 Å². The van der Waals surface area contributed by atoms with Crippen LogP contribution in [0.2, 0.25) is 0 Å². The largest absolute Gasteiger partial charge is 0.363 e. The van der Waals surface area contributed by atoms with E-state index in [4.69, 9.17) is 0 Å². The van der Waals surface area contributed by atoms with Gasteiger partial charge in [-0.3, -0.25) is 0 Å². The Labute approximate surface area is 94.0 Å². The summed E-state index contributed by atoms with van der Waals surface area (Å²) in [5, 5.41) is 5.46. The summed E-state index contributed by atoms with van der Waals surface area (Å²) in [7, 11) is 0. The van der Waals surface area contributed by atoms with Crippen molar-refractivity contribution in [3.8, 4) is 0 Å². The molecule has 2 rings (SSSR count). The number of nitrogens with one attached hydrogen (secondary N) is 1. The summed E-state index contributed by atoms with van der Waals surface area (Å²) in [6.45, 7) is 4.19. The lowest BCUT2D eigenvalue weighted by Gasteiger charge is -2.12. The summed E-state index contributed by atoms with van der Waals surface area (Å²) >= 11 is 1.76. The predicted octanol–water partition coefficient (Wildman–Crippen LogP) is 3.62. The van der Waals surface area contributed by atoms with Gasteiger partial charge in [0.2, 0.25) is 0 Å². The SMILES string of the molecule is Cc1ccc(NC(C)c2cccs2)nc1. The summed E-state index contributed by atoms with van der Waals surface area (Å²) in [6, 6.07) is 8.60. The molecule has 2 aromatic rings. The molecule has 2 heterocycles. The third-order valence-corrected chi connectivity index (χ3v) is 3.30. The van der Waals surface area contributed by atoms with Gasteiger partial charge in [-0.15, -0.1) is 11.3 Å². The van der Waals surface area contributed by atoms with Gasteiger partial charge in [-0.25, -0.2) is 4.98 Å². The van der Waals surface area contributed by atoms with Crippen molar-refractivity contribution in [1.29, 1.82) is 0 Å². The van der Waals surface area contributed by atoms with Crippen LogP contribution in [0.1, 0.15) is 23.4 Å². The first-order valence-corrected chi connectivity index (χ1v) is 5.86. The summed E-state index contributed by atoms with van der Waals surface area (Å²) < 4.78 is 0. The first-order valence-electron chi connectivity index (χ1n) is 4.98. The first kappa shape index (κ1) is 10.2. The fourth-order valence-corrected chi connectivity index (χ4v) is 2.12. The second kappa shape index (κ2) is 4.45. The molecular weight excluding hydrogens is 204 g/mol. The van der Waals surface area contributed by atoms with Gasteiger partial charge in [-0.2, -0.15) is 0 Å². The van der Waals surface area contributed by atoms with Crippen LogP contribution >= 0.6 is 11.3 Å². The second-order valence-corrected chi connectivity index (χ2v) is 4.58. The number of rotatable bonds is 3. The van der Waals surface area contributed by atoms with E-state index in [2.05, 4.69) is 40.8 Å². The van der Waals surface area contributed by atoms with E-state index in [1.165, 1.54) is 10.4 Å². The normalized spacial score (nSPS) is 12.4. The zero-order valence-corrected chi connectivity index (χ0v) is 9.71. The maximum atomic E-state index is 4.32. The molecule has 0 aliphatic carbocycles. The molecule has 0 amide bonds. The Balaban J connectivity index is 2.06. The molecule has 0 saturated heterocycles. The molecule has 15 heavy (non-hydrogen) atoms. The average molecular weight is 218 g/mol. The fraction of sp³-hybridized carbons (Fsp3) is 0.250. The number of hydrogen-bond donors (Lipinski definition) is 1. The highest BCUT2D eigenvalue weighted by Gasteiger charge is 2.05. The van der Waals surface area contributed by atoms with Crippen LogP contribution in [0.5, 0.6) is 0 Å². The van der Waals surface area contributed by atoms with E-state index in [9.17, 15) is 0 Å². The molecule has 1 N–H and O–H groups in total. The smallest absolute Gasteiger partial charge is 0.126 e. The Hall–Kier alpha value is -1.35. The third-order valence-electron chi connectivity index (χ3n) is 2.25. The van der Waals surface area contributed by atoms with Crippen molar-refractivity contribution < 1.29 is 0 Å². The molecule has 0 bridgehead atoms. The number of anilines is 1. The lowest BCUT2D eigenvalue weighted by molar-refractivity contribution is 0.896. The van der Waals surface area contributed by atoms with E-state index >= 15 is 0 Å². The average Bonchev–Trinajstić information content (AvgIpc) is 2.74. The second-order valence-electron chi connectivity index (χ2n) is 3.60. The molecule has 0 aliphatic heterocycles. The number of nitrogens with zero attached hydrogens (tertiary/aromatic N) is 1. The standard InChI is InChI=1S/C12H14N2S/c1-9-5-6-12(13-8-9)14-10(2)11-4-3-7-15-11/h3-8,10H,1-2H3,(H,13,14). The van der Waals surface area contributed by atoms with Crippen LogP contribution in [0.25, 0.3) is 0 Å². The topological polar surface area (TPSA) is 24.9 Å². The molecule has 1 atom stereocenters. The maximum Gasteiger partial charge on any atom is 0.126 e. The van der Waals surface area contributed by atoms with Crippen molar-refractivity contribution in [2.75, 3.05) is 5.32 Å². The van der Waals surface area contributed by atoms with Gasteiger partial charge in [0.15, 0.2) is 0 Å². The minimum Gasteiger partial charge on any atom is -0.363 e. The van der Waals surface area contributed by atoms with Crippen LogP contribution in [-0.2, 0) is 0 Å². The Morgan fingerprint density at radius 1 is 1.33 bits per heavy atom. The lowest BCUT2D eigenvalue weighted by atomic mass is 10.2. The van der Waals surface area contributed by atoms with Crippen molar-refractivity contribution in [3.63, 3.8) is 0 Å². The maximum absolute atomic E-state index is 4.32. The lowest BCUT2D eigenvalue weighted by Crippen LogP contribution is -2.05. The van der Waals surface area contributed by atoms with Crippen molar-refractivity contribution >= 4 is 17.2 Å². The Bertz CT molecular complexity index is 406. The van der Waals surface area contributed by atoms with Crippen molar-refractivity contribution in [2.24, 2.45) is 0 Å². The molecule has 0 spiro atoms. The van der Waals surface area contributed by atoms with E-state index in [0.29, 0.717) is 6.04 Å². The van der Waals surface area contributed by atoms with Crippen LogP contribution in [0.15, 0.2) is 35.8 Å². The molecule has 0 radical (unpaired) electrons. The summed E-state index contributed by atoms with van der Waals surface area (Å²) in [5.74, 6) is 0.932. The highest BCUT2D eigenvalue weighted by molar-refractivity contribution is 7.10. The van der Waals surface area contributed by atoms with Crippen LogP contribution in [0, 0.1) is 6.92 Å². The highest BCUT2D eigenvalue weighted by Crippen LogP contribution is 2.21. The summed E-state index contributed by atoms with van der Waals surface area (Å²) in [5.41, 5.74) is 1.18. The quantitative estimate of drug-likeness (QED) is 0.851. The molecule has 2 nitrogen and oxygen atoms in total. The van der Waals surface area contributed by atoms with Crippen molar-refractivity contribution in [1.82, 2.24) is 4.98 Å². The first-order chi connectivity index (χ1) is 7.25. The molecule has 0 fully saturated rings. The monoisotopic (exact) mass is 218 g/mol. The summed E-state index contributed by atoms with van der Waals surface area (Å²) in [6.07, 6.45) is 1.88. The minimum atomic E-state index is 0.320. The van der Waals surface area contributed by atoms with E-state index in [-0.39, 0.29) is 0 Å². The van der Waals surface area contributed by atoms with Gasteiger partial charge in [0.05, 0.1) is 6.04 Å². The number of thiophene rings is 1. The summed E-state index contributed by atoms with van der Waals surface area (Å²) in [4.78, 5) is 5.65. The zero-order chi connectivity index (χ0) is 10.7. The molecule has 2 aromatic heterocycles. The number of aromatic nitrogens is 1. The van der Waals surface area contributed by atoms with E-state index in [1.807, 2.05) is 19.2 Å². The molecule has 1 unspecified atom stereocenters. The highest BCUT2D eigenvalue weighted by atomic mass is 32.1. The van der Waals surface area contributed by atoms with Gasteiger partial charge in [-0.05, 0) is 36.9 Å². The van der Waals surface area contributed by atoms with Gasteiger partial charge < -0.3 is 5.32 Å². The number of aryl methyl sites for hydroxylation is 1. The zero-order valence-electron chi connectivity index (χ0n) is 8.90. The van der Waals surface area contributed by atoms with Crippen LogP contribution in [-0.4, -0.2) is 4.98 Å². The number of pyridine rings is 1. The molecule has 0 aromatic carbocycles.